The van der Waals surface area contributed by atoms with Crippen LogP contribution in [0.15, 0.2) is 91.1 Å². The van der Waals surface area contributed by atoms with Crippen LogP contribution < -0.4 is 4.74 Å². The lowest BCUT2D eigenvalue weighted by molar-refractivity contribution is 0.462. The summed E-state index contributed by atoms with van der Waals surface area (Å²) in [5.74, 6) is 1.25. The summed E-state index contributed by atoms with van der Waals surface area (Å²) in [6, 6.07) is 27.8. The van der Waals surface area contributed by atoms with Gasteiger partial charge >= 0.3 is 0 Å². The molecular weight excluding hydrogens is 366 g/mol. The van der Waals surface area contributed by atoms with Crippen molar-refractivity contribution in [2.75, 3.05) is 0 Å². The fraction of sp³-hybridized carbons (Fsp3) is 0. The molecule has 28 heavy (non-hydrogen) atoms. The Morgan fingerprint density at radius 2 is 1.39 bits per heavy atom. The molecule has 0 saturated carbocycles. The summed E-state index contributed by atoms with van der Waals surface area (Å²) in [7, 11) is 0. The molecule has 3 aromatic heterocycles. The minimum atomic E-state index is 0.507. The monoisotopic (exact) mass is 381 g/mol. The molecular formula is C23H15N3OS. The van der Waals surface area contributed by atoms with Gasteiger partial charge in [-0.1, -0.05) is 42.5 Å². The molecule has 134 valence electrons. The van der Waals surface area contributed by atoms with Crippen LogP contribution in [0, 0.1) is 0 Å². The molecule has 3 heterocycles. The Bertz CT molecular complexity index is 1240. The average Bonchev–Trinajstić information content (AvgIpc) is 3.25. The first kappa shape index (κ1) is 16.6. The van der Waals surface area contributed by atoms with Crippen molar-refractivity contribution in [3.05, 3.63) is 91.1 Å². The molecule has 0 amide bonds. The highest BCUT2D eigenvalue weighted by Gasteiger charge is 2.14. The third kappa shape index (κ3) is 3.12. The number of rotatable bonds is 4. The predicted molar refractivity (Wildman–Crippen MR) is 113 cm³/mol. The third-order valence-corrected chi connectivity index (χ3v) is 5.48. The molecule has 5 aromatic rings. The first-order chi connectivity index (χ1) is 13.9. The maximum absolute atomic E-state index is 5.98. The van der Waals surface area contributed by atoms with Crippen LogP contribution in [-0.4, -0.2) is 15.2 Å². The summed E-state index contributed by atoms with van der Waals surface area (Å²) in [6.07, 6.45) is 1.81. The number of fused-ring (bicyclic) bond motifs is 1. The van der Waals surface area contributed by atoms with Gasteiger partial charge < -0.3 is 4.74 Å². The Kier molecular flexibility index (Phi) is 4.27. The zero-order valence-corrected chi connectivity index (χ0v) is 15.6. The van der Waals surface area contributed by atoms with E-state index in [9.17, 15) is 0 Å². The highest BCUT2D eigenvalue weighted by Crippen LogP contribution is 2.38. The Morgan fingerprint density at radius 1 is 0.643 bits per heavy atom. The van der Waals surface area contributed by atoms with E-state index in [1.165, 1.54) is 0 Å². The highest BCUT2D eigenvalue weighted by molar-refractivity contribution is 7.18. The molecule has 0 spiro atoms. The fourth-order valence-corrected chi connectivity index (χ4v) is 4.03. The van der Waals surface area contributed by atoms with Gasteiger partial charge in [0.15, 0.2) is 0 Å². The van der Waals surface area contributed by atoms with Crippen molar-refractivity contribution in [1.82, 2.24) is 15.2 Å². The molecule has 5 rings (SSSR count). The van der Waals surface area contributed by atoms with Crippen molar-refractivity contribution in [2.24, 2.45) is 0 Å². The quantitative estimate of drug-likeness (QED) is 0.371. The lowest BCUT2D eigenvalue weighted by atomic mass is 10.1. The van der Waals surface area contributed by atoms with Crippen LogP contribution >= 0.6 is 11.3 Å². The predicted octanol–water partition coefficient (Wildman–Crippen LogP) is 6.21. The van der Waals surface area contributed by atoms with Gasteiger partial charge in [-0.15, -0.1) is 21.5 Å². The van der Waals surface area contributed by atoms with Crippen LogP contribution in [0.25, 0.3) is 31.9 Å². The SMILES string of the molecule is c1ccc(Oc2nnc(-c3ccc(-c4ccccn4)s3)c3ccccc23)cc1. The number of para-hydroxylation sites is 1. The Labute approximate surface area is 166 Å². The van der Waals surface area contributed by atoms with Crippen molar-refractivity contribution in [2.45, 2.75) is 0 Å². The van der Waals surface area contributed by atoms with Crippen LogP contribution in [0.5, 0.6) is 11.6 Å². The lowest BCUT2D eigenvalue weighted by Gasteiger charge is -2.09. The number of benzene rings is 2. The number of aromatic nitrogens is 3. The Hall–Kier alpha value is -3.57. The van der Waals surface area contributed by atoms with E-state index in [-0.39, 0.29) is 0 Å². The molecule has 2 aromatic carbocycles. The minimum Gasteiger partial charge on any atom is -0.437 e. The normalized spacial score (nSPS) is 10.9. The highest BCUT2D eigenvalue weighted by atomic mass is 32.1. The van der Waals surface area contributed by atoms with Gasteiger partial charge in [0.25, 0.3) is 0 Å². The van der Waals surface area contributed by atoms with Gasteiger partial charge in [-0.05, 0) is 42.5 Å². The molecule has 0 aliphatic carbocycles. The van der Waals surface area contributed by atoms with Crippen LogP contribution in [0.3, 0.4) is 0 Å². The third-order valence-electron chi connectivity index (χ3n) is 4.37. The van der Waals surface area contributed by atoms with Gasteiger partial charge in [-0.3, -0.25) is 4.98 Å². The minimum absolute atomic E-state index is 0.507. The summed E-state index contributed by atoms with van der Waals surface area (Å²) in [5, 5.41) is 10.8. The van der Waals surface area contributed by atoms with Gasteiger partial charge in [-0.25, -0.2) is 0 Å². The van der Waals surface area contributed by atoms with Crippen LogP contribution in [0.1, 0.15) is 0 Å². The van der Waals surface area contributed by atoms with Gasteiger partial charge in [0.1, 0.15) is 11.4 Å². The molecule has 0 aliphatic heterocycles. The van der Waals surface area contributed by atoms with Crippen molar-refractivity contribution in [3.8, 4) is 32.8 Å². The molecule has 0 bridgehead atoms. The Balaban J connectivity index is 1.58. The molecule has 0 N–H and O–H groups in total. The second-order valence-corrected chi connectivity index (χ2v) is 7.28. The van der Waals surface area contributed by atoms with Crippen LogP contribution in [-0.2, 0) is 0 Å². The molecule has 4 nitrogen and oxygen atoms in total. The number of hydrogen-bond donors (Lipinski definition) is 0. The molecule has 0 aliphatic rings. The number of hydrogen-bond acceptors (Lipinski definition) is 5. The van der Waals surface area contributed by atoms with Gasteiger partial charge in [0, 0.05) is 17.0 Å². The first-order valence-electron chi connectivity index (χ1n) is 8.88. The van der Waals surface area contributed by atoms with Gasteiger partial charge in [0.05, 0.1) is 15.4 Å². The summed E-state index contributed by atoms with van der Waals surface area (Å²) in [5.41, 5.74) is 1.81. The van der Waals surface area contributed by atoms with E-state index in [2.05, 4.69) is 33.4 Å². The van der Waals surface area contributed by atoms with Crippen molar-refractivity contribution in [3.63, 3.8) is 0 Å². The van der Waals surface area contributed by atoms with E-state index in [0.29, 0.717) is 5.88 Å². The van der Waals surface area contributed by atoms with E-state index < -0.39 is 0 Å². The number of ether oxygens (including phenoxy) is 1. The molecule has 0 saturated heterocycles. The fourth-order valence-electron chi connectivity index (χ4n) is 3.05. The van der Waals surface area contributed by atoms with Crippen LogP contribution in [0.4, 0.5) is 0 Å². The second-order valence-electron chi connectivity index (χ2n) is 6.19. The zero-order chi connectivity index (χ0) is 18.8. The van der Waals surface area contributed by atoms with Gasteiger partial charge in [-0.2, -0.15) is 0 Å². The summed E-state index contributed by atoms with van der Waals surface area (Å²) >= 11 is 1.66. The standard InChI is InChI=1S/C23H15N3OS/c1-2-8-16(9-3-1)27-23-18-11-5-4-10-17(18)22(25-26-23)21-14-13-20(28-21)19-12-6-7-15-24-19/h1-15H. The van der Waals surface area contributed by atoms with E-state index in [0.717, 1.165) is 37.7 Å². The molecule has 0 atom stereocenters. The topological polar surface area (TPSA) is 47.9 Å². The number of nitrogens with zero attached hydrogens (tertiary/aromatic N) is 3. The van der Waals surface area contributed by atoms with Crippen LogP contribution in [0.2, 0.25) is 0 Å². The molecule has 0 radical (unpaired) electrons. The zero-order valence-electron chi connectivity index (χ0n) is 14.8. The number of pyridine rings is 1. The molecule has 5 heteroatoms. The van der Waals surface area contributed by atoms with E-state index in [1.807, 2.05) is 66.7 Å². The maximum atomic E-state index is 5.98. The summed E-state index contributed by atoms with van der Waals surface area (Å²) < 4.78 is 5.98. The second kappa shape index (κ2) is 7.21. The van der Waals surface area contributed by atoms with Crippen molar-refractivity contribution in [1.29, 1.82) is 0 Å². The van der Waals surface area contributed by atoms with Gasteiger partial charge in [0.2, 0.25) is 5.88 Å². The molecule has 0 unspecified atom stereocenters. The lowest BCUT2D eigenvalue weighted by Crippen LogP contribution is -1.94. The largest absolute Gasteiger partial charge is 0.437 e. The Morgan fingerprint density at radius 3 is 2.21 bits per heavy atom. The maximum Gasteiger partial charge on any atom is 0.246 e. The summed E-state index contributed by atoms with van der Waals surface area (Å²) in [4.78, 5) is 6.59. The molecule has 0 fully saturated rings. The van der Waals surface area contributed by atoms with Crippen molar-refractivity contribution < 1.29 is 4.74 Å². The van der Waals surface area contributed by atoms with E-state index >= 15 is 0 Å². The summed E-state index contributed by atoms with van der Waals surface area (Å²) in [6.45, 7) is 0. The van der Waals surface area contributed by atoms with E-state index in [1.54, 1.807) is 17.5 Å². The number of thiophene rings is 1. The first-order valence-corrected chi connectivity index (χ1v) is 9.70. The van der Waals surface area contributed by atoms with Crippen molar-refractivity contribution >= 4 is 22.1 Å². The van der Waals surface area contributed by atoms with E-state index in [4.69, 9.17) is 4.74 Å². The smallest absolute Gasteiger partial charge is 0.246 e. The average molecular weight is 381 g/mol.